The summed E-state index contributed by atoms with van der Waals surface area (Å²) in [6.45, 7) is 3.34. The third-order valence-electron chi connectivity index (χ3n) is 4.29. The van der Waals surface area contributed by atoms with E-state index >= 15 is 0 Å². The maximum absolute atomic E-state index is 12.4. The number of aryl methyl sites for hydroxylation is 1. The number of nitrogens with two attached hydrogens (primary N) is 1. The Morgan fingerprint density at radius 3 is 2.68 bits per heavy atom. The lowest BCUT2D eigenvalue weighted by Gasteiger charge is -2.26. The number of carbonyl (C=O) groups excluding carboxylic acids is 1. The number of rotatable bonds is 6. The SMILES string of the molecule is COC(CN)CC(=O)N1CCCC1Cc1ccc(C)cc1.Cl. The van der Waals surface area contributed by atoms with E-state index in [1.165, 1.54) is 11.1 Å². The van der Waals surface area contributed by atoms with Gasteiger partial charge in [0, 0.05) is 26.2 Å². The number of likely N-dealkylation sites (tertiary alicyclic amines) is 1. The molecule has 22 heavy (non-hydrogen) atoms. The third-order valence-corrected chi connectivity index (χ3v) is 4.29. The Labute approximate surface area is 139 Å². The van der Waals surface area contributed by atoms with Gasteiger partial charge < -0.3 is 15.4 Å². The van der Waals surface area contributed by atoms with Crippen molar-refractivity contribution in [2.24, 2.45) is 5.73 Å². The Morgan fingerprint density at radius 2 is 2.09 bits per heavy atom. The van der Waals surface area contributed by atoms with Gasteiger partial charge in [-0.15, -0.1) is 12.4 Å². The van der Waals surface area contributed by atoms with Crippen LogP contribution in [0.1, 0.15) is 30.4 Å². The summed E-state index contributed by atoms with van der Waals surface area (Å²) in [6, 6.07) is 8.90. The van der Waals surface area contributed by atoms with Crippen LogP contribution in [0.2, 0.25) is 0 Å². The molecule has 1 amide bonds. The van der Waals surface area contributed by atoms with Gasteiger partial charge in [0.05, 0.1) is 12.5 Å². The fourth-order valence-electron chi connectivity index (χ4n) is 2.95. The number of hydrogen-bond acceptors (Lipinski definition) is 3. The second-order valence-electron chi connectivity index (χ2n) is 5.87. The first-order valence-corrected chi connectivity index (χ1v) is 7.72. The molecular formula is C17H27ClN2O2. The van der Waals surface area contributed by atoms with Crippen molar-refractivity contribution in [2.75, 3.05) is 20.2 Å². The number of carbonyl (C=O) groups is 1. The van der Waals surface area contributed by atoms with Crippen LogP contribution in [-0.2, 0) is 16.0 Å². The summed E-state index contributed by atoms with van der Waals surface area (Å²) in [7, 11) is 1.61. The highest BCUT2D eigenvalue weighted by molar-refractivity contribution is 5.85. The number of benzene rings is 1. The standard InChI is InChI=1S/C17H26N2O2.ClH/c1-13-5-7-14(8-6-13)10-15-4-3-9-19(15)17(20)11-16(12-18)21-2;/h5-8,15-16H,3-4,9-12,18H2,1-2H3;1H. The molecule has 0 saturated carbocycles. The van der Waals surface area contributed by atoms with Crippen LogP contribution in [0.5, 0.6) is 0 Å². The molecule has 1 aliphatic heterocycles. The molecule has 0 radical (unpaired) electrons. The summed E-state index contributed by atoms with van der Waals surface area (Å²) in [6.07, 6.45) is 3.32. The largest absolute Gasteiger partial charge is 0.380 e. The van der Waals surface area contributed by atoms with Crippen LogP contribution < -0.4 is 5.73 Å². The van der Waals surface area contributed by atoms with Crippen LogP contribution in [0.3, 0.4) is 0 Å². The fourth-order valence-corrected chi connectivity index (χ4v) is 2.95. The predicted molar refractivity (Wildman–Crippen MR) is 91.3 cm³/mol. The molecule has 2 atom stereocenters. The van der Waals surface area contributed by atoms with Crippen molar-refractivity contribution >= 4 is 18.3 Å². The number of amides is 1. The van der Waals surface area contributed by atoms with Crippen LogP contribution in [0, 0.1) is 6.92 Å². The van der Waals surface area contributed by atoms with E-state index in [-0.39, 0.29) is 24.4 Å². The zero-order valence-corrected chi connectivity index (χ0v) is 14.3. The molecule has 0 aromatic heterocycles. The van der Waals surface area contributed by atoms with Crippen LogP contribution in [-0.4, -0.2) is 43.2 Å². The summed E-state index contributed by atoms with van der Waals surface area (Å²) in [5.74, 6) is 0.168. The number of hydrogen-bond donors (Lipinski definition) is 1. The topological polar surface area (TPSA) is 55.6 Å². The lowest BCUT2D eigenvalue weighted by Crippen LogP contribution is -2.40. The average molecular weight is 327 g/mol. The number of nitrogens with zero attached hydrogens (tertiary/aromatic N) is 1. The molecule has 2 N–H and O–H groups in total. The Hall–Kier alpha value is -1.10. The van der Waals surface area contributed by atoms with Gasteiger partial charge in [-0.25, -0.2) is 0 Å². The van der Waals surface area contributed by atoms with E-state index in [9.17, 15) is 4.79 Å². The first-order valence-electron chi connectivity index (χ1n) is 7.72. The van der Waals surface area contributed by atoms with Gasteiger partial charge in [-0.3, -0.25) is 4.79 Å². The zero-order valence-electron chi connectivity index (χ0n) is 13.5. The maximum Gasteiger partial charge on any atom is 0.225 e. The van der Waals surface area contributed by atoms with E-state index in [2.05, 4.69) is 31.2 Å². The summed E-state index contributed by atoms with van der Waals surface area (Å²) >= 11 is 0. The summed E-state index contributed by atoms with van der Waals surface area (Å²) in [5, 5.41) is 0. The molecule has 1 saturated heterocycles. The quantitative estimate of drug-likeness (QED) is 0.872. The number of methoxy groups -OCH3 is 1. The van der Waals surface area contributed by atoms with Gasteiger partial charge in [-0.2, -0.15) is 0 Å². The van der Waals surface area contributed by atoms with Gasteiger partial charge in [0.15, 0.2) is 0 Å². The molecule has 1 aromatic carbocycles. The Bertz CT molecular complexity index is 460. The molecule has 0 spiro atoms. The second kappa shape index (κ2) is 9.13. The van der Waals surface area contributed by atoms with Gasteiger partial charge in [0.2, 0.25) is 5.91 Å². The normalized spacial score (nSPS) is 18.9. The highest BCUT2D eigenvalue weighted by atomic mass is 35.5. The van der Waals surface area contributed by atoms with E-state index in [1.807, 2.05) is 4.90 Å². The van der Waals surface area contributed by atoms with Crippen molar-refractivity contribution in [3.05, 3.63) is 35.4 Å². The predicted octanol–water partition coefficient (Wildman–Crippen LogP) is 2.31. The van der Waals surface area contributed by atoms with Crippen molar-refractivity contribution < 1.29 is 9.53 Å². The average Bonchev–Trinajstić information content (AvgIpc) is 2.95. The smallest absolute Gasteiger partial charge is 0.225 e. The minimum atomic E-state index is -0.168. The molecule has 2 rings (SSSR count). The first-order chi connectivity index (χ1) is 10.1. The van der Waals surface area contributed by atoms with Crippen LogP contribution in [0.25, 0.3) is 0 Å². The molecule has 4 nitrogen and oxygen atoms in total. The molecule has 1 aliphatic rings. The Balaban J connectivity index is 0.00000242. The van der Waals surface area contributed by atoms with Gasteiger partial charge >= 0.3 is 0 Å². The van der Waals surface area contributed by atoms with Gasteiger partial charge in [0.1, 0.15) is 0 Å². The highest BCUT2D eigenvalue weighted by Gasteiger charge is 2.29. The molecule has 2 unspecified atom stereocenters. The number of ether oxygens (including phenoxy) is 1. The lowest BCUT2D eigenvalue weighted by molar-refractivity contribution is -0.134. The third kappa shape index (κ3) is 4.97. The maximum atomic E-state index is 12.4. The fraction of sp³-hybridized carbons (Fsp3) is 0.588. The van der Waals surface area contributed by atoms with E-state index < -0.39 is 0 Å². The van der Waals surface area contributed by atoms with E-state index in [0.717, 1.165) is 25.8 Å². The molecule has 5 heteroatoms. The summed E-state index contributed by atoms with van der Waals surface area (Å²) in [4.78, 5) is 14.4. The van der Waals surface area contributed by atoms with Crippen LogP contribution >= 0.6 is 12.4 Å². The van der Waals surface area contributed by atoms with Crippen molar-refractivity contribution in [1.82, 2.24) is 4.90 Å². The van der Waals surface area contributed by atoms with Gasteiger partial charge in [0.25, 0.3) is 0 Å². The molecule has 0 bridgehead atoms. The van der Waals surface area contributed by atoms with Crippen molar-refractivity contribution in [1.29, 1.82) is 0 Å². The van der Waals surface area contributed by atoms with Gasteiger partial charge in [-0.05, 0) is 31.7 Å². The van der Waals surface area contributed by atoms with Crippen molar-refractivity contribution in [3.63, 3.8) is 0 Å². The van der Waals surface area contributed by atoms with E-state index in [4.69, 9.17) is 10.5 Å². The van der Waals surface area contributed by atoms with Crippen molar-refractivity contribution in [3.8, 4) is 0 Å². The second-order valence-corrected chi connectivity index (χ2v) is 5.87. The molecule has 1 fully saturated rings. The minimum absolute atomic E-state index is 0. The van der Waals surface area contributed by atoms with Gasteiger partial charge in [-0.1, -0.05) is 29.8 Å². The monoisotopic (exact) mass is 326 g/mol. The minimum Gasteiger partial charge on any atom is -0.380 e. The molecule has 1 heterocycles. The van der Waals surface area contributed by atoms with Crippen molar-refractivity contribution in [2.45, 2.75) is 44.8 Å². The summed E-state index contributed by atoms with van der Waals surface area (Å²) < 4.78 is 5.22. The van der Waals surface area contributed by atoms with Crippen LogP contribution in [0.4, 0.5) is 0 Å². The lowest BCUT2D eigenvalue weighted by atomic mass is 10.0. The van der Waals surface area contributed by atoms with E-state index in [0.29, 0.717) is 19.0 Å². The molecule has 0 aliphatic carbocycles. The highest BCUT2D eigenvalue weighted by Crippen LogP contribution is 2.22. The van der Waals surface area contributed by atoms with Crippen LogP contribution in [0.15, 0.2) is 24.3 Å². The zero-order chi connectivity index (χ0) is 15.2. The Kier molecular flexibility index (Phi) is 7.87. The molecule has 124 valence electrons. The Morgan fingerprint density at radius 1 is 1.41 bits per heavy atom. The number of halogens is 1. The summed E-state index contributed by atoms with van der Waals surface area (Å²) in [5.41, 5.74) is 8.17. The molecular weight excluding hydrogens is 300 g/mol. The molecule has 1 aromatic rings. The van der Waals surface area contributed by atoms with E-state index in [1.54, 1.807) is 7.11 Å². The first kappa shape index (κ1) is 18.9.